The topological polar surface area (TPSA) is 38.1 Å². The lowest BCUT2D eigenvalue weighted by molar-refractivity contribution is 0.0984. The molecule has 2 aromatic carbocycles. The SMILES string of the molecule is Cc1cc(C)n(Cc2cccc(C(=O)N3CCCc4cc(Br)cc(F)c43)c2)n1. The van der Waals surface area contributed by atoms with Crippen molar-refractivity contribution < 1.29 is 9.18 Å². The second-order valence-corrected chi connectivity index (χ2v) is 8.16. The molecule has 2 heterocycles. The summed E-state index contributed by atoms with van der Waals surface area (Å²) in [6.45, 7) is 5.09. The van der Waals surface area contributed by atoms with Gasteiger partial charge >= 0.3 is 0 Å². The van der Waals surface area contributed by atoms with Gasteiger partial charge in [0.15, 0.2) is 0 Å². The van der Waals surface area contributed by atoms with Crippen molar-refractivity contribution in [2.45, 2.75) is 33.2 Å². The van der Waals surface area contributed by atoms with Gasteiger partial charge in [-0.3, -0.25) is 9.48 Å². The van der Waals surface area contributed by atoms with Crippen LogP contribution in [0.2, 0.25) is 0 Å². The van der Waals surface area contributed by atoms with E-state index in [9.17, 15) is 9.18 Å². The Morgan fingerprint density at radius 3 is 2.79 bits per heavy atom. The minimum atomic E-state index is -0.365. The fraction of sp³-hybridized carbons (Fsp3) is 0.273. The van der Waals surface area contributed by atoms with Gasteiger partial charge in [-0.1, -0.05) is 28.1 Å². The number of rotatable bonds is 3. The molecule has 1 aromatic heterocycles. The van der Waals surface area contributed by atoms with Gasteiger partial charge in [-0.2, -0.15) is 5.10 Å². The van der Waals surface area contributed by atoms with Crippen LogP contribution < -0.4 is 4.90 Å². The maximum Gasteiger partial charge on any atom is 0.258 e. The molecule has 0 radical (unpaired) electrons. The van der Waals surface area contributed by atoms with Crippen LogP contribution in [0, 0.1) is 19.7 Å². The average molecular weight is 442 g/mol. The lowest BCUT2D eigenvalue weighted by Gasteiger charge is -2.30. The zero-order valence-corrected chi connectivity index (χ0v) is 17.5. The van der Waals surface area contributed by atoms with E-state index in [-0.39, 0.29) is 11.7 Å². The number of fused-ring (bicyclic) bond motifs is 1. The van der Waals surface area contributed by atoms with Crippen molar-refractivity contribution in [3.8, 4) is 0 Å². The van der Waals surface area contributed by atoms with Crippen molar-refractivity contribution in [2.24, 2.45) is 0 Å². The third kappa shape index (κ3) is 3.61. The zero-order chi connectivity index (χ0) is 19.8. The molecule has 1 aliphatic rings. The van der Waals surface area contributed by atoms with Gasteiger partial charge in [-0.15, -0.1) is 0 Å². The number of hydrogen-bond donors (Lipinski definition) is 0. The Kier molecular flexibility index (Phi) is 5.06. The summed E-state index contributed by atoms with van der Waals surface area (Å²) in [6.07, 6.45) is 1.59. The highest BCUT2D eigenvalue weighted by molar-refractivity contribution is 9.10. The standard InChI is InChI=1S/C22H21BrFN3O/c1-14-9-15(2)27(25-14)13-16-5-3-6-18(10-16)22(28)26-8-4-7-17-11-19(23)12-20(24)21(17)26/h3,5-6,9-12H,4,7-8,13H2,1-2H3. The van der Waals surface area contributed by atoms with Crippen LogP contribution in [0.25, 0.3) is 0 Å². The van der Waals surface area contributed by atoms with Crippen molar-refractivity contribution in [1.29, 1.82) is 0 Å². The van der Waals surface area contributed by atoms with Crippen LogP contribution in [0.3, 0.4) is 0 Å². The first-order chi connectivity index (χ1) is 13.4. The largest absolute Gasteiger partial charge is 0.305 e. The van der Waals surface area contributed by atoms with Gasteiger partial charge in [0.05, 0.1) is 17.9 Å². The fourth-order valence-corrected chi connectivity index (χ4v) is 4.30. The second kappa shape index (κ2) is 7.51. The molecule has 4 nitrogen and oxygen atoms in total. The molecule has 3 aromatic rings. The lowest BCUT2D eigenvalue weighted by Crippen LogP contribution is -2.36. The molecule has 144 valence electrons. The van der Waals surface area contributed by atoms with E-state index in [1.807, 2.05) is 48.9 Å². The van der Waals surface area contributed by atoms with Crippen molar-refractivity contribution in [3.05, 3.63) is 80.8 Å². The molecule has 0 aliphatic carbocycles. The maximum atomic E-state index is 14.6. The van der Waals surface area contributed by atoms with E-state index in [0.717, 1.165) is 35.4 Å². The molecule has 0 bridgehead atoms. The Morgan fingerprint density at radius 1 is 1.21 bits per heavy atom. The van der Waals surface area contributed by atoms with Crippen LogP contribution in [0.15, 0.2) is 46.9 Å². The number of carbonyl (C=O) groups excluding carboxylic acids is 1. The van der Waals surface area contributed by atoms with Crippen LogP contribution in [0.5, 0.6) is 0 Å². The van der Waals surface area contributed by atoms with Crippen LogP contribution in [-0.4, -0.2) is 22.2 Å². The van der Waals surface area contributed by atoms with E-state index < -0.39 is 0 Å². The molecule has 28 heavy (non-hydrogen) atoms. The summed E-state index contributed by atoms with van der Waals surface area (Å²) in [7, 11) is 0. The van der Waals surface area contributed by atoms with Crippen molar-refractivity contribution in [2.75, 3.05) is 11.4 Å². The highest BCUT2D eigenvalue weighted by Gasteiger charge is 2.27. The molecule has 4 rings (SSSR count). The Balaban J connectivity index is 1.64. The molecule has 6 heteroatoms. The van der Waals surface area contributed by atoms with E-state index in [2.05, 4.69) is 21.0 Å². The van der Waals surface area contributed by atoms with Gasteiger partial charge in [0, 0.05) is 22.3 Å². The first-order valence-electron chi connectivity index (χ1n) is 9.32. The number of anilines is 1. The number of nitrogens with zero attached hydrogens (tertiary/aromatic N) is 3. The quantitative estimate of drug-likeness (QED) is 0.570. The highest BCUT2D eigenvalue weighted by Crippen LogP contribution is 2.34. The van der Waals surface area contributed by atoms with Crippen LogP contribution in [0.1, 0.15) is 39.3 Å². The third-order valence-electron chi connectivity index (χ3n) is 5.06. The van der Waals surface area contributed by atoms with Gasteiger partial charge in [0.1, 0.15) is 5.82 Å². The van der Waals surface area contributed by atoms with Crippen molar-refractivity contribution in [1.82, 2.24) is 9.78 Å². The molecule has 0 saturated heterocycles. The van der Waals surface area contributed by atoms with Gasteiger partial charge < -0.3 is 4.90 Å². The van der Waals surface area contributed by atoms with Crippen molar-refractivity contribution in [3.63, 3.8) is 0 Å². The van der Waals surface area contributed by atoms with E-state index in [1.54, 1.807) is 11.0 Å². The summed E-state index contributed by atoms with van der Waals surface area (Å²) in [4.78, 5) is 14.8. The zero-order valence-electron chi connectivity index (χ0n) is 15.9. The second-order valence-electron chi connectivity index (χ2n) is 7.24. The molecule has 0 unspecified atom stereocenters. The molecule has 0 saturated carbocycles. The number of amides is 1. The molecule has 1 aliphatic heterocycles. The monoisotopic (exact) mass is 441 g/mol. The van der Waals surface area contributed by atoms with Crippen LogP contribution in [0.4, 0.5) is 10.1 Å². The predicted molar refractivity (Wildman–Crippen MR) is 111 cm³/mol. The van der Waals surface area contributed by atoms with E-state index >= 15 is 0 Å². The Bertz CT molecular complexity index is 1060. The number of benzene rings is 2. The molecular formula is C22H21BrFN3O. The molecule has 0 spiro atoms. The summed E-state index contributed by atoms with van der Waals surface area (Å²) in [5.41, 5.74) is 4.87. The Morgan fingerprint density at radius 2 is 2.04 bits per heavy atom. The van der Waals surface area contributed by atoms with Crippen LogP contribution >= 0.6 is 15.9 Å². The number of aryl methyl sites for hydroxylation is 3. The molecule has 0 N–H and O–H groups in total. The highest BCUT2D eigenvalue weighted by atomic mass is 79.9. The molecule has 0 atom stereocenters. The Labute approximate surface area is 172 Å². The molecular weight excluding hydrogens is 421 g/mol. The summed E-state index contributed by atoms with van der Waals surface area (Å²) >= 11 is 3.34. The van der Waals surface area contributed by atoms with E-state index in [1.165, 1.54) is 6.07 Å². The van der Waals surface area contributed by atoms with Crippen molar-refractivity contribution >= 4 is 27.5 Å². The van der Waals surface area contributed by atoms with Gasteiger partial charge in [0.25, 0.3) is 5.91 Å². The summed E-state index contributed by atoms with van der Waals surface area (Å²) in [5, 5.41) is 4.49. The van der Waals surface area contributed by atoms with Gasteiger partial charge in [-0.05, 0) is 68.1 Å². The van der Waals surface area contributed by atoms with E-state index in [4.69, 9.17) is 0 Å². The molecule has 1 amide bonds. The fourth-order valence-electron chi connectivity index (χ4n) is 3.82. The number of halogens is 2. The summed E-state index contributed by atoms with van der Waals surface area (Å²) < 4.78 is 17.3. The smallest absolute Gasteiger partial charge is 0.258 e. The van der Waals surface area contributed by atoms with Gasteiger partial charge in [0.2, 0.25) is 0 Å². The number of carbonyl (C=O) groups is 1. The summed E-state index contributed by atoms with van der Waals surface area (Å²) in [5.74, 6) is -0.534. The minimum absolute atomic E-state index is 0.169. The Hall–Kier alpha value is -2.47. The normalized spacial score (nSPS) is 13.5. The maximum absolute atomic E-state index is 14.6. The predicted octanol–water partition coefficient (Wildman–Crippen LogP) is 5.04. The van der Waals surface area contributed by atoms with Gasteiger partial charge in [-0.25, -0.2) is 4.39 Å². The average Bonchev–Trinajstić information content (AvgIpc) is 2.97. The number of hydrogen-bond acceptors (Lipinski definition) is 2. The number of aromatic nitrogens is 2. The minimum Gasteiger partial charge on any atom is -0.305 e. The first-order valence-corrected chi connectivity index (χ1v) is 10.1. The lowest BCUT2D eigenvalue weighted by atomic mass is 10.00. The first kappa shape index (κ1) is 18.9. The van der Waals surface area contributed by atoms with Crippen LogP contribution in [-0.2, 0) is 13.0 Å². The summed E-state index contributed by atoms with van der Waals surface area (Å²) in [6, 6.07) is 12.9. The molecule has 0 fully saturated rings. The third-order valence-corrected chi connectivity index (χ3v) is 5.52. The van der Waals surface area contributed by atoms with E-state index in [0.29, 0.717) is 28.8 Å².